The van der Waals surface area contributed by atoms with Crippen molar-refractivity contribution in [3.8, 4) is 0 Å². The number of amides is 1. The number of hydrogen-bond donors (Lipinski definition) is 1. The van der Waals surface area contributed by atoms with Crippen LogP contribution < -0.4 is 5.32 Å². The van der Waals surface area contributed by atoms with Gasteiger partial charge in [-0.15, -0.1) is 0 Å². The van der Waals surface area contributed by atoms with E-state index >= 15 is 0 Å². The molecule has 0 aliphatic carbocycles. The van der Waals surface area contributed by atoms with Gasteiger partial charge in [-0.05, 0) is 56.7 Å². The van der Waals surface area contributed by atoms with Gasteiger partial charge >= 0.3 is 0 Å². The lowest BCUT2D eigenvalue weighted by Gasteiger charge is -2.17. The first kappa shape index (κ1) is 30.2. The first-order valence-electron chi connectivity index (χ1n) is 12.4. The van der Waals surface area contributed by atoms with Crippen LogP contribution in [-0.4, -0.2) is 60.3 Å². The van der Waals surface area contributed by atoms with Crippen molar-refractivity contribution in [1.82, 2.24) is 5.32 Å². The van der Waals surface area contributed by atoms with E-state index in [4.69, 9.17) is 4.74 Å². The van der Waals surface area contributed by atoms with E-state index < -0.39 is 42.9 Å². The predicted molar refractivity (Wildman–Crippen MR) is 150 cm³/mol. The Morgan fingerprint density at radius 3 is 1.59 bits per heavy atom. The molecule has 3 aromatic rings. The Labute approximate surface area is 230 Å². The Hall–Kier alpha value is -3.34. The van der Waals surface area contributed by atoms with Gasteiger partial charge in [0.2, 0.25) is 0 Å². The number of carbonyl (C=O) groups excluding carboxylic acids is 2. The molecule has 0 atom stereocenters. The Balaban J connectivity index is 1.89. The van der Waals surface area contributed by atoms with Gasteiger partial charge in [-0.3, -0.25) is 9.59 Å². The molecular formula is C29H33NO7S2. The molecule has 0 aliphatic rings. The molecule has 0 unspecified atom stereocenters. The minimum Gasteiger partial charge on any atom is -0.385 e. The molecule has 3 aromatic carbocycles. The van der Waals surface area contributed by atoms with Crippen molar-refractivity contribution in [2.45, 2.75) is 30.1 Å². The highest BCUT2D eigenvalue weighted by Gasteiger charge is 2.32. The molecule has 0 saturated carbocycles. The van der Waals surface area contributed by atoms with Gasteiger partial charge in [-0.2, -0.15) is 0 Å². The second kappa shape index (κ2) is 13.1. The number of nitrogens with one attached hydrogen (secondary N) is 1. The lowest BCUT2D eigenvalue weighted by atomic mass is 9.99. The first-order chi connectivity index (χ1) is 18.4. The quantitative estimate of drug-likeness (QED) is 0.244. The molecule has 1 N–H and O–H groups in total. The molecule has 8 nitrogen and oxygen atoms in total. The van der Waals surface area contributed by atoms with Gasteiger partial charge in [0.05, 0.1) is 27.2 Å². The van der Waals surface area contributed by atoms with E-state index in [2.05, 4.69) is 5.32 Å². The molecule has 0 saturated heterocycles. The van der Waals surface area contributed by atoms with Crippen LogP contribution in [0.3, 0.4) is 0 Å². The van der Waals surface area contributed by atoms with E-state index in [9.17, 15) is 26.4 Å². The van der Waals surface area contributed by atoms with Gasteiger partial charge in [0.15, 0.2) is 25.5 Å². The summed E-state index contributed by atoms with van der Waals surface area (Å²) in [6, 6.07) is 18.1. The SMILES string of the molecule is COCCCNC(=O)c1ccc(C(=O)C(CS(=O)(=O)c2ccc(C)cc2)CS(=O)(=O)c2ccc(C)cc2)cc1. The fourth-order valence-electron chi connectivity index (χ4n) is 3.95. The number of ether oxygens (including phenoxy) is 1. The zero-order valence-electron chi connectivity index (χ0n) is 22.2. The highest BCUT2D eigenvalue weighted by atomic mass is 32.2. The number of methoxy groups -OCH3 is 1. The lowest BCUT2D eigenvalue weighted by molar-refractivity contribution is 0.0933. The van der Waals surface area contributed by atoms with Crippen LogP contribution in [0.1, 0.15) is 38.3 Å². The zero-order chi connectivity index (χ0) is 28.6. The molecular weight excluding hydrogens is 538 g/mol. The second-order valence-corrected chi connectivity index (χ2v) is 13.5. The number of rotatable bonds is 13. The van der Waals surface area contributed by atoms with E-state index in [1.165, 1.54) is 48.5 Å². The summed E-state index contributed by atoms with van der Waals surface area (Å²) in [6.07, 6.45) is 0.644. The highest BCUT2D eigenvalue weighted by Crippen LogP contribution is 2.23. The van der Waals surface area contributed by atoms with Gasteiger partial charge in [-0.1, -0.05) is 47.5 Å². The smallest absolute Gasteiger partial charge is 0.251 e. The van der Waals surface area contributed by atoms with Crippen LogP contribution in [-0.2, 0) is 24.4 Å². The molecule has 0 heterocycles. The monoisotopic (exact) mass is 571 g/mol. The van der Waals surface area contributed by atoms with Crippen molar-refractivity contribution in [2.75, 3.05) is 31.8 Å². The minimum atomic E-state index is -3.99. The fourth-order valence-corrected chi connectivity index (χ4v) is 7.19. The number of benzene rings is 3. The summed E-state index contributed by atoms with van der Waals surface area (Å²) in [5, 5.41) is 2.75. The normalized spacial score (nSPS) is 11.9. The minimum absolute atomic E-state index is 0.0131. The Morgan fingerprint density at radius 1 is 0.718 bits per heavy atom. The Bertz CT molecular complexity index is 1420. The third kappa shape index (κ3) is 8.32. The summed E-state index contributed by atoms with van der Waals surface area (Å²) in [5.41, 5.74) is 2.17. The maximum absolute atomic E-state index is 13.6. The molecule has 0 aliphatic heterocycles. The fraction of sp³-hybridized carbons (Fsp3) is 0.310. The maximum Gasteiger partial charge on any atom is 0.251 e. The van der Waals surface area contributed by atoms with E-state index in [0.717, 1.165) is 11.1 Å². The molecule has 0 spiro atoms. The third-order valence-electron chi connectivity index (χ3n) is 6.21. The van der Waals surface area contributed by atoms with Crippen LogP contribution in [0.4, 0.5) is 0 Å². The van der Waals surface area contributed by atoms with Crippen LogP contribution in [0.15, 0.2) is 82.6 Å². The largest absolute Gasteiger partial charge is 0.385 e. The number of ketones is 1. The third-order valence-corrected chi connectivity index (χ3v) is 9.88. The Kier molecular flexibility index (Phi) is 10.2. The number of carbonyl (C=O) groups is 2. The van der Waals surface area contributed by atoms with E-state index in [0.29, 0.717) is 25.1 Å². The van der Waals surface area contributed by atoms with Crippen LogP contribution in [0.2, 0.25) is 0 Å². The van der Waals surface area contributed by atoms with Gasteiger partial charge in [-0.25, -0.2) is 16.8 Å². The summed E-state index contributed by atoms with van der Waals surface area (Å²) in [4.78, 5) is 25.9. The van der Waals surface area contributed by atoms with Crippen LogP contribution >= 0.6 is 0 Å². The summed E-state index contributed by atoms with van der Waals surface area (Å²) < 4.78 is 57.9. The van der Waals surface area contributed by atoms with E-state index in [1.54, 1.807) is 31.4 Å². The summed E-state index contributed by atoms with van der Waals surface area (Å²) in [5.74, 6) is -3.68. The molecule has 3 rings (SSSR count). The van der Waals surface area contributed by atoms with Crippen LogP contribution in [0.25, 0.3) is 0 Å². The zero-order valence-corrected chi connectivity index (χ0v) is 23.8. The van der Waals surface area contributed by atoms with E-state index in [1.807, 2.05) is 13.8 Å². The molecule has 1 amide bonds. The molecule has 10 heteroatoms. The molecule has 39 heavy (non-hydrogen) atoms. The first-order valence-corrected chi connectivity index (χ1v) is 15.7. The van der Waals surface area contributed by atoms with Crippen LogP contribution in [0.5, 0.6) is 0 Å². The highest BCUT2D eigenvalue weighted by molar-refractivity contribution is 7.92. The van der Waals surface area contributed by atoms with Crippen molar-refractivity contribution >= 4 is 31.4 Å². The van der Waals surface area contributed by atoms with Gasteiger partial charge in [0.25, 0.3) is 5.91 Å². The maximum atomic E-state index is 13.6. The molecule has 0 fully saturated rings. The lowest BCUT2D eigenvalue weighted by Crippen LogP contribution is -2.31. The average Bonchev–Trinajstić information content (AvgIpc) is 2.90. The standard InChI is InChI=1S/C29H33NO7S2/c1-21-5-13-26(14-6-21)38(33,34)19-25(20-39(35,36)27-15-7-22(2)8-16-27)28(31)23-9-11-24(12-10-23)29(32)30-17-4-18-37-3/h5-16,25H,4,17-20H2,1-3H3,(H,30,32). The molecule has 0 bridgehead atoms. The van der Waals surface area contributed by atoms with E-state index in [-0.39, 0.29) is 21.3 Å². The number of sulfone groups is 2. The summed E-state index contributed by atoms with van der Waals surface area (Å²) in [7, 11) is -6.40. The second-order valence-electron chi connectivity index (χ2n) is 9.43. The summed E-state index contributed by atoms with van der Waals surface area (Å²) in [6.45, 7) is 4.57. The Morgan fingerprint density at radius 2 is 1.15 bits per heavy atom. The van der Waals surface area contributed by atoms with Crippen molar-refractivity contribution in [3.05, 3.63) is 95.1 Å². The topological polar surface area (TPSA) is 124 Å². The molecule has 0 radical (unpaired) electrons. The van der Waals surface area contributed by atoms with Gasteiger partial charge in [0.1, 0.15) is 0 Å². The van der Waals surface area contributed by atoms with Crippen molar-refractivity contribution < 1.29 is 31.2 Å². The van der Waals surface area contributed by atoms with Crippen molar-refractivity contribution in [1.29, 1.82) is 0 Å². The van der Waals surface area contributed by atoms with Gasteiger partial charge < -0.3 is 10.1 Å². The predicted octanol–water partition coefficient (Wildman–Crippen LogP) is 3.82. The summed E-state index contributed by atoms with van der Waals surface area (Å²) >= 11 is 0. The molecule has 0 aromatic heterocycles. The van der Waals surface area contributed by atoms with Crippen molar-refractivity contribution in [3.63, 3.8) is 0 Å². The number of hydrogen-bond acceptors (Lipinski definition) is 7. The van der Waals surface area contributed by atoms with Gasteiger partial charge in [0, 0.05) is 31.4 Å². The number of Topliss-reactive ketones (excluding diaryl/α,β-unsaturated/α-hetero) is 1. The average molecular weight is 572 g/mol. The van der Waals surface area contributed by atoms with Crippen LogP contribution in [0, 0.1) is 19.8 Å². The van der Waals surface area contributed by atoms with Crippen molar-refractivity contribution in [2.24, 2.45) is 5.92 Å². The number of aryl methyl sites for hydroxylation is 2. The molecule has 208 valence electrons.